The zero-order valence-electron chi connectivity index (χ0n) is 17.3. The highest BCUT2D eigenvalue weighted by Crippen LogP contribution is 2.36. The number of carbonyl (C=O) groups excluding carboxylic acids is 1. The Morgan fingerprint density at radius 3 is 2.48 bits per heavy atom. The molecule has 2 aromatic carbocycles. The SMILES string of the molecule is CCc1cc(Sc2ccc(CNC(=O)OC(C)(C)C)s2)cc(-c2ccccc2)c1. The first kappa shape index (κ1) is 21.5. The molecule has 1 amide bonds. The standard InChI is InChI=1S/C24H27NO2S2/c1-5-17-13-19(18-9-7-6-8-10-18)15-21(14-17)29-22-12-11-20(28-22)16-25-23(26)27-24(2,3)4/h6-15H,5,16H2,1-4H3,(H,25,26). The number of carbonyl (C=O) groups is 1. The van der Waals surface area contributed by atoms with Gasteiger partial charge in [0.1, 0.15) is 5.60 Å². The first-order valence-corrected chi connectivity index (χ1v) is 11.4. The van der Waals surface area contributed by atoms with Crippen LogP contribution in [0.2, 0.25) is 0 Å². The average molecular weight is 426 g/mol. The van der Waals surface area contributed by atoms with Gasteiger partial charge in [-0.25, -0.2) is 4.79 Å². The third kappa shape index (κ3) is 6.65. The minimum atomic E-state index is -0.485. The van der Waals surface area contributed by atoms with Crippen LogP contribution in [-0.2, 0) is 17.7 Å². The summed E-state index contributed by atoms with van der Waals surface area (Å²) in [5.74, 6) is 0. The lowest BCUT2D eigenvalue weighted by molar-refractivity contribution is 0.0524. The van der Waals surface area contributed by atoms with E-state index in [4.69, 9.17) is 4.74 Å². The molecular weight excluding hydrogens is 398 g/mol. The van der Waals surface area contributed by atoms with Crippen LogP contribution in [0.25, 0.3) is 11.1 Å². The van der Waals surface area contributed by atoms with E-state index >= 15 is 0 Å². The molecule has 3 aromatic rings. The highest BCUT2D eigenvalue weighted by Gasteiger charge is 2.16. The monoisotopic (exact) mass is 425 g/mol. The topological polar surface area (TPSA) is 38.3 Å². The fourth-order valence-electron chi connectivity index (χ4n) is 2.82. The van der Waals surface area contributed by atoms with Crippen LogP contribution in [0.4, 0.5) is 4.79 Å². The van der Waals surface area contributed by atoms with Crippen molar-refractivity contribution in [3.63, 3.8) is 0 Å². The summed E-state index contributed by atoms with van der Waals surface area (Å²) in [6.45, 7) is 8.25. The van der Waals surface area contributed by atoms with E-state index in [2.05, 4.69) is 66.8 Å². The Bertz CT molecular complexity index is 959. The van der Waals surface area contributed by atoms with Crippen molar-refractivity contribution in [2.24, 2.45) is 0 Å². The summed E-state index contributed by atoms with van der Waals surface area (Å²) in [6.07, 6.45) is 0.618. The van der Waals surface area contributed by atoms with Crippen molar-refractivity contribution in [2.45, 2.75) is 55.4 Å². The second kappa shape index (κ2) is 9.51. The fraction of sp³-hybridized carbons (Fsp3) is 0.292. The van der Waals surface area contributed by atoms with Gasteiger partial charge < -0.3 is 10.1 Å². The predicted octanol–water partition coefficient (Wildman–Crippen LogP) is 7.15. The second-order valence-electron chi connectivity index (χ2n) is 7.76. The minimum absolute atomic E-state index is 0.386. The molecule has 29 heavy (non-hydrogen) atoms. The Kier molecular flexibility index (Phi) is 7.04. The van der Waals surface area contributed by atoms with Crippen molar-refractivity contribution in [1.82, 2.24) is 5.32 Å². The summed E-state index contributed by atoms with van der Waals surface area (Å²) >= 11 is 3.46. The normalized spacial score (nSPS) is 11.3. The third-order valence-electron chi connectivity index (χ3n) is 4.14. The van der Waals surface area contributed by atoms with E-state index in [0.717, 1.165) is 11.3 Å². The first-order valence-electron chi connectivity index (χ1n) is 9.75. The Labute approximate surface area is 181 Å². The molecule has 1 aromatic heterocycles. The average Bonchev–Trinajstić information content (AvgIpc) is 3.13. The summed E-state index contributed by atoms with van der Waals surface area (Å²) in [5.41, 5.74) is 3.33. The quantitative estimate of drug-likeness (QED) is 0.455. The Morgan fingerprint density at radius 2 is 1.79 bits per heavy atom. The maximum Gasteiger partial charge on any atom is 0.407 e. The van der Waals surface area contributed by atoms with E-state index in [9.17, 15) is 4.79 Å². The number of amides is 1. The zero-order valence-corrected chi connectivity index (χ0v) is 19.0. The number of thiophene rings is 1. The Hall–Kier alpha value is -2.24. The van der Waals surface area contributed by atoms with E-state index < -0.39 is 5.60 Å². The summed E-state index contributed by atoms with van der Waals surface area (Å²) in [5, 5.41) is 2.82. The number of hydrogen-bond acceptors (Lipinski definition) is 4. The van der Waals surface area contributed by atoms with Gasteiger partial charge >= 0.3 is 6.09 Å². The van der Waals surface area contributed by atoms with Gasteiger partial charge in [0.15, 0.2) is 0 Å². The van der Waals surface area contributed by atoms with Gasteiger partial charge in [-0.1, -0.05) is 55.1 Å². The van der Waals surface area contributed by atoms with E-state index in [1.165, 1.54) is 25.8 Å². The number of benzene rings is 2. The summed E-state index contributed by atoms with van der Waals surface area (Å²) in [7, 11) is 0. The van der Waals surface area contributed by atoms with Crippen LogP contribution < -0.4 is 5.32 Å². The molecule has 0 fully saturated rings. The number of ether oxygens (including phenoxy) is 1. The molecule has 0 atom stereocenters. The molecule has 0 radical (unpaired) electrons. The molecule has 0 spiro atoms. The van der Waals surface area contributed by atoms with Gasteiger partial charge in [0, 0.05) is 9.77 Å². The van der Waals surface area contributed by atoms with Crippen molar-refractivity contribution in [3.8, 4) is 11.1 Å². The van der Waals surface area contributed by atoms with E-state index in [-0.39, 0.29) is 6.09 Å². The van der Waals surface area contributed by atoms with E-state index in [0.29, 0.717) is 6.54 Å². The van der Waals surface area contributed by atoms with Crippen LogP contribution in [0.15, 0.2) is 69.8 Å². The Morgan fingerprint density at radius 1 is 1.03 bits per heavy atom. The van der Waals surface area contributed by atoms with Crippen LogP contribution in [0.1, 0.15) is 38.1 Å². The number of alkyl carbamates (subject to hydrolysis) is 1. The van der Waals surface area contributed by atoms with Crippen molar-refractivity contribution in [3.05, 3.63) is 71.1 Å². The first-order chi connectivity index (χ1) is 13.8. The van der Waals surface area contributed by atoms with Crippen LogP contribution >= 0.6 is 23.1 Å². The molecule has 0 aliphatic heterocycles. The number of aryl methyl sites for hydroxylation is 1. The van der Waals surface area contributed by atoms with Gasteiger partial charge in [0.05, 0.1) is 10.8 Å². The molecule has 0 unspecified atom stereocenters. The number of nitrogens with one attached hydrogen (secondary N) is 1. The third-order valence-corrected chi connectivity index (χ3v) is 6.33. The van der Waals surface area contributed by atoms with Crippen LogP contribution in [0, 0.1) is 0 Å². The molecule has 0 saturated carbocycles. The van der Waals surface area contributed by atoms with Gasteiger partial charge in [-0.15, -0.1) is 11.3 Å². The smallest absolute Gasteiger partial charge is 0.407 e. The molecule has 0 saturated heterocycles. The predicted molar refractivity (Wildman–Crippen MR) is 123 cm³/mol. The molecule has 3 nitrogen and oxygen atoms in total. The van der Waals surface area contributed by atoms with Crippen LogP contribution in [0.3, 0.4) is 0 Å². The summed E-state index contributed by atoms with van der Waals surface area (Å²) in [4.78, 5) is 14.2. The van der Waals surface area contributed by atoms with Gasteiger partial charge in [0.25, 0.3) is 0 Å². The van der Waals surface area contributed by atoms with Gasteiger partial charge in [0.2, 0.25) is 0 Å². The Balaban J connectivity index is 1.68. The lowest BCUT2D eigenvalue weighted by Crippen LogP contribution is -2.31. The van der Waals surface area contributed by atoms with Crippen LogP contribution in [0.5, 0.6) is 0 Å². The number of rotatable bonds is 6. The molecule has 3 rings (SSSR count). The lowest BCUT2D eigenvalue weighted by Gasteiger charge is -2.19. The molecule has 0 aliphatic carbocycles. The zero-order chi connectivity index (χ0) is 20.9. The highest BCUT2D eigenvalue weighted by atomic mass is 32.2. The lowest BCUT2D eigenvalue weighted by atomic mass is 10.0. The van der Waals surface area contributed by atoms with Gasteiger partial charge in [-0.05, 0) is 68.1 Å². The molecule has 0 aliphatic rings. The van der Waals surface area contributed by atoms with Crippen molar-refractivity contribution < 1.29 is 9.53 Å². The summed E-state index contributed by atoms with van der Waals surface area (Å²) in [6, 6.07) is 21.4. The second-order valence-corrected chi connectivity index (χ2v) is 10.3. The van der Waals surface area contributed by atoms with Crippen molar-refractivity contribution >= 4 is 29.2 Å². The molecular formula is C24H27NO2S2. The summed E-state index contributed by atoms with van der Waals surface area (Å²) < 4.78 is 6.50. The van der Waals surface area contributed by atoms with E-state index in [1.54, 1.807) is 23.1 Å². The largest absolute Gasteiger partial charge is 0.444 e. The van der Waals surface area contributed by atoms with Crippen molar-refractivity contribution in [1.29, 1.82) is 0 Å². The molecule has 152 valence electrons. The van der Waals surface area contributed by atoms with Crippen LogP contribution in [-0.4, -0.2) is 11.7 Å². The van der Waals surface area contributed by atoms with Gasteiger partial charge in [-0.2, -0.15) is 0 Å². The molecule has 0 bridgehead atoms. The van der Waals surface area contributed by atoms with Crippen molar-refractivity contribution in [2.75, 3.05) is 0 Å². The maximum absolute atomic E-state index is 11.8. The fourth-order valence-corrected chi connectivity index (χ4v) is 5.03. The van der Waals surface area contributed by atoms with Gasteiger partial charge in [-0.3, -0.25) is 0 Å². The highest BCUT2D eigenvalue weighted by molar-refractivity contribution is 8.01. The minimum Gasteiger partial charge on any atom is -0.444 e. The number of hydrogen-bond donors (Lipinski definition) is 1. The molecule has 1 heterocycles. The molecule has 5 heteroatoms. The van der Waals surface area contributed by atoms with E-state index in [1.807, 2.05) is 26.8 Å². The maximum atomic E-state index is 11.8. The molecule has 1 N–H and O–H groups in total.